The molecule has 0 spiro atoms. The van der Waals surface area contributed by atoms with Crippen molar-refractivity contribution in [3.8, 4) is 5.69 Å². The van der Waals surface area contributed by atoms with Gasteiger partial charge in [0, 0.05) is 0 Å². The number of benzene rings is 1. The van der Waals surface area contributed by atoms with E-state index in [0.29, 0.717) is 0 Å². The summed E-state index contributed by atoms with van der Waals surface area (Å²) in [5.74, 6) is -2.20. The van der Waals surface area contributed by atoms with Crippen LogP contribution in [-0.2, 0) is 9.47 Å². The minimum absolute atomic E-state index is 0.0996. The molecule has 9 heteroatoms. The molecule has 128 valence electrons. The first-order valence-electron chi connectivity index (χ1n) is 7.08. The highest BCUT2D eigenvalue weighted by atomic mass is 35.5. The first kappa shape index (κ1) is 17.7. The molecule has 2 aromatic rings. The van der Waals surface area contributed by atoms with E-state index in [0.717, 1.165) is 10.7 Å². The maximum absolute atomic E-state index is 13.4. The summed E-state index contributed by atoms with van der Waals surface area (Å²) < 4.78 is 24.2. The van der Waals surface area contributed by atoms with Crippen molar-refractivity contribution in [1.29, 1.82) is 0 Å². The Morgan fingerprint density at radius 3 is 2.46 bits per heavy atom. The van der Waals surface area contributed by atoms with Gasteiger partial charge in [-0.25, -0.2) is 18.7 Å². The van der Waals surface area contributed by atoms with E-state index >= 15 is 0 Å². The number of aromatic nitrogens is 2. The quantitative estimate of drug-likeness (QED) is 0.828. The number of esters is 2. The van der Waals surface area contributed by atoms with Crippen LogP contribution in [0.1, 0.15) is 34.8 Å². The number of halogens is 2. The highest BCUT2D eigenvalue weighted by Gasteiger charge is 2.28. The molecule has 0 aliphatic heterocycles. The van der Waals surface area contributed by atoms with Gasteiger partial charge in [0.1, 0.15) is 11.5 Å². The maximum Gasteiger partial charge on any atom is 0.361 e. The van der Waals surface area contributed by atoms with Gasteiger partial charge in [0.25, 0.3) is 0 Å². The van der Waals surface area contributed by atoms with E-state index in [1.54, 1.807) is 13.8 Å². The van der Waals surface area contributed by atoms with Crippen LogP contribution in [0.2, 0.25) is 5.02 Å². The van der Waals surface area contributed by atoms with Crippen molar-refractivity contribution in [1.82, 2.24) is 9.78 Å². The van der Waals surface area contributed by atoms with Crippen molar-refractivity contribution >= 4 is 29.2 Å². The highest BCUT2D eigenvalue weighted by molar-refractivity contribution is 6.30. The first-order valence-corrected chi connectivity index (χ1v) is 7.46. The van der Waals surface area contributed by atoms with Gasteiger partial charge in [-0.1, -0.05) is 11.6 Å². The zero-order valence-corrected chi connectivity index (χ0v) is 13.8. The lowest BCUT2D eigenvalue weighted by Gasteiger charge is -2.08. The Bertz CT molecular complexity index is 791. The van der Waals surface area contributed by atoms with Crippen molar-refractivity contribution in [3.05, 3.63) is 40.4 Å². The number of ether oxygens (including phenoxy) is 2. The van der Waals surface area contributed by atoms with Crippen LogP contribution in [-0.4, -0.2) is 34.9 Å². The number of hydrogen-bond acceptors (Lipinski definition) is 6. The smallest absolute Gasteiger partial charge is 0.361 e. The molecule has 2 N–H and O–H groups in total. The Labute approximate surface area is 142 Å². The summed E-state index contributed by atoms with van der Waals surface area (Å²) >= 11 is 5.76. The number of nitrogens with zero attached hydrogens (tertiary/aromatic N) is 2. The van der Waals surface area contributed by atoms with Crippen LogP contribution in [0.15, 0.2) is 18.2 Å². The summed E-state index contributed by atoms with van der Waals surface area (Å²) in [5.41, 5.74) is 5.53. The van der Waals surface area contributed by atoms with Crippen LogP contribution in [0, 0.1) is 5.82 Å². The second-order valence-corrected chi connectivity index (χ2v) is 4.97. The molecule has 0 unspecified atom stereocenters. The molecule has 0 fully saturated rings. The molecule has 0 amide bonds. The number of anilines is 1. The van der Waals surface area contributed by atoms with Crippen molar-refractivity contribution < 1.29 is 23.5 Å². The second kappa shape index (κ2) is 7.31. The van der Waals surface area contributed by atoms with E-state index in [1.807, 2.05) is 0 Å². The van der Waals surface area contributed by atoms with Crippen LogP contribution in [0.4, 0.5) is 10.1 Å². The standard InChI is InChI=1S/C15H15ClFN3O4/c1-3-23-14(21)12-11(18)13(15(22)24-4-2)20(19-12)8-5-6-10(17)9(16)7-8/h5-7H,3-4,18H2,1-2H3. The highest BCUT2D eigenvalue weighted by Crippen LogP contribution is 2.25. The van der Waals surface area contributed by atoms with E-state index in [-0.39, 0.29) is 41.0 Å². The van der Waals surface area contributed by atoms with Gasteiger partial charge >= 0.3 is 11.9 Å². The summed E-state index contributed by atoms with van der Waals surface area (Å²) in [5, 5.41) is 3.84. The van der Waals surface area contributed by atoms with Gasteiger partial charge in [0.05, 0.1) is 23.9 Å². The zero-order valence-electron chi connectivity index (χ0n) is 13.0. The lowest BCUT2D eigenvalue weighted by molar-refractivity contribution is 0.0510. The minimum atomic E-state index is -0.785. The number of carbonyl (C=O) groups excluding carboxylic acids is 2. The van der Waals surface area contributed by atoms with E-state index < -0.39 is 17.8 Å². The summed E-state index contributed by atoms with van der Waals surface area (Å²) in [6.07, 6.45) is 0. The van der Waals surface area contributed by atoms with E-state index in [1.165, 1.54) is 12.1 Å². The van der Waals surface area contributed by atoms with Gasteiger partial charge in [0.2, 0.25) is 0 Å². The molecular formula is C15H15ClFN3O4. The molecule has 0 atom stereocenters. The van der Waals surface area contributed by atoms with Crippen LogP contribution in [0.25, 0.3) is 5.69 Å². The van der Waals surface area contributed by atoms with Gasteiger partial charge in [-0.3, -0.25) is 0 Å². The molecule has 7 nitrogen and oxygen atoms in total. The molecule has 1 heterocycles. The van der Waals surface area contributed by atoms with Crippen molar-refractivity contribution in [3.63, 3.8) is 0 Å². The van der Waals surface area contributed by atoms with Crippen LogP contribution < -0.4 is 5.73 Å². The van der Waals surface area contributed by atoms with Crippen molar-refractivity contribution in [2.75, 3.05) is 18.9 Å². The third-order valence-corrected chi connectivity index (χ3v) is 3.30. The number of carbonyl (C=O) groups is 2. The lowest BCUT2D eigenvalue weighted by atomic mass is 10.2. The molecule has 1 aromatic heterocycles. The fourth-order valence-corrected chi connectivity index (χ4v) is 2.15. The number of nitrogen functional groups attached to an aromatic ring is 1. The summed E-state index contributed by atoms with van der Waals surface area (Å²) in [7, 11) is 0. The predicted molar refractivity (Wildman–Crippen MR) is 84.9 cm³/mol. The largest absolute Gasteiger partial charge is 0.461 e. The molecule has 2 rings (SSSR count). The maximum atomic E-state index is 13.4. The normalized spacial score (nSPS) is 10.5. The molecule has 0 radical (unpaired) electrons. The van der Waals surface area contributed by atoms with Gasteiger partial charge < -0.3 is 15.2 Å². The lowest BCUT2D eigenvalue weighted by Crippen LogP contribution is -2.13. The summed E-state index contributed by atoms with van der Waals surface area (Å²) in [6.45, 7) is 3.46. The molecule has 24 heavy (non-hydrogen) atoms. The Morgan fingerprint density at radius 2 is 1.88 bits per heavy atom. The predicted octanol–water partition coefficient (Wildman–Crippen LogP) is 2.60. The van der Waals surface area contributed by atoms with Gasteiger partial charge in [-0.05, 0) is 32.0 Å². The number of hydrogen-bond donors (Lipinski definition) is 1. The molecule has 0 aliphatic carbocycles. The second-order valence-electron chi connectivity index (χ2n) is 4.56. The average molecular weight is 356 g/mol. The summed E-state index contributed by atoms with van der Waals surface area (Å²) in [4.78, 5) is 24.1. The minimum Gasteiger partial charge on any atom is -0.461 e. The molecule has 1 aromatic carbocycles. The third kappa shape index (κ3) is 3.33. The molecule has 0 saturated heterocycles. The molecule has 0 bridgehead atoms. The van der Waals surface area contributed by atoms with E-state index in [2.05, 4.69) is 5.10 Å². The van der Waals surface area contributed by atoms with Gasteiger partial charge in [-0.2, -0.15) is 5.10 Å². The monoisotopic (exact) mass is 355 g/mol. The van der Waals surface area contributed by atoms with E-state index in [9.17, 15) is 14.0 Å². The topological polar surface area (TPSA) is 96.4 Å². The van der Waals surface area contributed by atoms with E-state index in [4.69, 9.17) is 26.8 Å². The molecule has 0 saturated carbocycles. The van der Waals surface area contributed by atoms with Gasteiger partial charge in [-0.15, -0.1) is 0 Å². The van der Waals surface area contributed by atoms with Crippen LogP contribution in [0.3, 0.4) is 0 Å². The Hall–Kier alpha value is -2.61. The van der Waals surface area contributed by atoms with Crippen LogP contribution >= 0.6 is 11.6 Å². The van der Waals surface area contributed by atoms with Gasteiger partial charge in [0.15, 0.2) is 11.4 Å². The Balaban J connectivity index is 2.63. The fourth-order valence-electron chi connectivity index (χ4n) is 1.98. The SMILES string of the molecule is CCOC(=O)c1nn(-c2ccc(F)c(Cl)c2)c(C(=O)OCC)c1N. The first-order chi connectivity index (χ1) is 11.4. The van der Waals surface area contributed by atoms with Crippen molar-refractivity contribution in [2.45, 2.75) is 13.8 Å². The Morgan fingerprint density at radius 1 is 1.25 bits per heavy atom. The third-order valence-electron chi connectivity index (χ3n) is 3.01. The average Bonchev–Trinajstić information content (AvgIpc) is 2.88. The fraction of sp³-hybridized carbons (Fsp3) is 0.267. The van der Waals surface area contributed by atoms with Crippen LogP contribution in [0.5, 0.6) is 0 Å². The Kier molecular flexibility index (Phi) is 5.40. The molecule has 0 aliphatic rings. The number of nitrogens with two attached hydrogens (primary N) is 1. The zero-order chi connectivity index (χ0) is 17.9. The number of rotatable bonds is 5. The molecular weight excluding hydrogens is 341 g/mol. The summed E-state index contributed by atoms with van der Waals surface area (Å²) in [6, 6.07) is 3.70. The van der Waals surface area contributed by atoms with Crippen molar-refractivity contribution in [2.24, 2.45) is 0 Å².